The lowest BCUT2D eigenvalue weighted by Crippen LogP contribution is -2.59. The van der Waals surface area contributed by atoms with Crippen molar-refractivity contribution in [3.05, 3.63) is 0 Å². The van der Waals surface area contributed by atoms with Crippen LogP contribution in [-0.2, 0) is 4.79 Å². The van der Waals surface area contributed by atoms with Gasteiger partial charge in [0.1, 0.15) is 0 Å². The van der Waals surface area contributed by atoms with Crippen LogP contribution in [0.15, 0.2) is 0 Å². The maximum Gasteiger partial charge on any atom is 0.240 e. The van der Waals surface area contributed by atoms with Crippen molar-refractivity contribution in [2.75, 3.05) is 13.1 Å². The molecule has 0 aromatic rings. The molecule has 2 atom stereocenters. The van der Waals surface area contributed by atoms with Crippen molar-refractivity contribution in [3.8, 4) is 0 Å². The Morgan fingerprint density at radius 1 is 1.53 bits per heavy atom. The second-order valence-corrected chi connectivity index (χ2v) is 5.26. The molecule has 100 valence electrons. The minimum absolute atomic E-state index is 0.115. The predicted molar refractivity (Wildman–Crippen MR) is 70.8 cm³/mol. The van der Waals surface area contributed by atoms with Crippen LogP contribution in [0.3, 0.4) is 0 Å². The van der Waals surface area contributed by atoms with Gasteiger partial charge in [0.15, 0.2) is 0 Å². The average Bonchev–Trinajstić information content (AvgIpc) is 2.35. The molecule has 0 aromatic carbocycles. The van der Waals surface area contributed by atoms with Gasteiger partial charge in [-0.3, -0.25) is 4.79 Å². The van der Waals surface area contributed by atoms with E-state index >= 15 is 0 Å². The Morgan fingerprint density at radius 2 is 2.29 bits per heavy atom. The largest absolute Gasteiger partial charge is 0.351 e. The van der Waals surface area contributed by atoms with Crippen molar-refractivity contribution in [3.63, 3.8) is 0 Å². The monoisotopic (exact) mass is 241 g/mol. The minimum atomic E-state index is -0.391. The minimum Gasteiger partial charge on any atom is -0.351 e. The number of hydrogen-bond acceptors (Lipinski definition) is 3. The summed E-state index contributed by atoms with van der Waals surface area (Å²) in [5, 5.41) is 6.41. The van der Waals surface area contributed by atoms with E-state index in [1.54, 1.807) is 0 Å². The highest BCUT2D eigenvalue weighted by Gasteiger charge is 2.34. The van der Waals surface area contributed by atoms with Gasteiger partial charge < -0.3 is 16.4 Å². The zero-order chi connectivity index (χ0) is 12.7. The number of rotatable bonds is 6. The molecule has 0 saturated carbocycles. The number of hydrogen-bond donors (Lipinski definition) is 3. The summed E-state index contributed by atoms with van der Waals surface area (Å²) in [4.78, 5) is 12.2. The molecule has 17 heavy (non-hydrogen) atoms. The lowest BCUT2D eigenvalue weighted by Gasteiger charge is -2.34. The van der Waals surface area contributed by atoms with E-state index in [1.165, 1.54) is 6.42 Å². The molecule has 0 aliphatic carbocycles. The Balaban J connectivity index is 2.45. The fraction of sp³-hybridized carbons (Fsp3) is 0.923. The molecule has 1 heterocycles. The summed E-state index contributed by atoms with van der Waals surface area (Å²) >= 11 is 0. The molecule has 4 N–H and O–H groups in total. The van der Waals surface area contributed by atoms with E-state index < -0.39 is 5.54 Å². The van der Waals surface area contributed by atoms with Crippen molar-refractivity contribution in [1.29, 1.82) is 0 Å². The standard InChI is InChI=1S/C13H27N3O/c1-3-4-7-11(10-14)16-12(17)13(2)8-5-6-9-15-13/h11,15H,3-10,14H2,1-2H3,(H,16,17). The predicted octanol–water partition coefficient (Wildman–Crippen LogP) is 1.15. The van der Waals surface area contributed by atoms with Crippen LogP contribution in [0.1, 0.15) is 52.4 Å². The first-order valence-electron chi connectivity index (χ1n) is 6.88. The van der Waals surface area contributed by atoms with E-state index in [4.69, 9.17) is 5.73 Å². The van der Waals surface area contributed by atoms with Crippen molar-refractivity contribution in [2.45, 2.75) is 64.0 Å². The van der Waals surface area contributed by atoms with Gasteiger partial charge >= 0.3 is 0 Å². The number of nitrogens with one attached hydrogen (secondary N) is 2. The molecule has 1 fully saturated rings. The van der Waals surface area contributed by atoms with Gasteiger partial charge in [-0.05, 0) is 39.2 Å². The molecule has 4 nitrogen and oxygen atoms in total. The number of carbonyl (C=O) groups excluding carboxylic acids is 1. The van der Waals surface area contributed by atoms with Crippen LogP contribution in [0.5, 0.6) is 0 Å². The molecule has 2 unspecified atom stereocenters. The number of unbranched alkanes of at least 4 members (excludes halogenated alkanes) is 1. The fourth-order valence-corrected chi connectivity index (χ4v) is 2.29. The van der Waals surface area contributed by atoms with E-state index in [0.29, 0.717) is 6.54 Å². The van der Waals surface area contributed by atoms with Crippen molar-refractivity contribution in [1.82, 2.24) is 10.6 Å². The summed E-state index contributed by atoms with van der Waals surface area (Å²) in [6.45, 7) is 5.61. The number of carbonyl (C=O) groups is 1. The Kier molecular flexibility index (Phi) is 5.92. The molecule has 0 radical (unpaired) electrons. The topological polar surface area (TPSA) is 67.1 Å². The third-order valence-electron chi connectivity index (χ3n) is 3.65. The Hall–Kier alpha value is -0.610. The summed E-state index contributed by atoms with van der Waals surface area (Å²) in [6, 6.07) is 0.128. The summed E-state index contributed by atoms with van der Waals surface area (Å²) in [5.41, 5.74) is 5.31. The first kappa shape index (κ1) is 14.5. The molecule has 1 saturated heterocycles. The molecule has 1 aliphatic heterocycles. The summed E-state index contributed by atoms with van der Waals surface area (Å²) in [7, 11) is 0. The van der Waals surface area contributed by atoms with E-state index in [-0.39, 0.29) is 11.9 Å². The molecule has 4 heteroatoms. The van der Waals surface area contributed by atoms with E-state index in [1.807, 2.05) is 6.92 Å². The van der Waals surface area contributed by atoms with Crippen LogP contribution < -0.4 is 16.4 Å². The van der Waals surface area contributed by atoms with Crippen LogP contribution in [0.2, 0.25) is 0 Å². The van der Waals surface area contributed by atoms with Crippen molar-refractivity contribution >= 4 is 5.91 Å². The molecule has 1 rings (SSSR count). The summed E-state index contributed by atoms with van der Waals surface area (Å²) in [6.07, 6.45) is 6.45. The zero-order valence-electron chi connectivity index (χ0n) is 11.2. The Labute approximate surface area is 105 Å². The molecule has 0 bridgehead atoms. The quantitative estimate of drug-likeness (QED) is 0.653. The van der Waals surface area contributed by atoms with E-state index in [2.05, 4.69) is 17.6 Å². The molecule has 0 spiro atoms. The summed E-state index contributed by atoms with van der Waals surface area (Å²) < 4.78 is 0. The van der Waals surface area contributed by atoms with Crippen molar-refractivity contribution < 1.29 is 4.79 Å². The maximum absolute atomic E-state index is 12.2. The van der Waals surface area contributed by atoms with Crippen LogP contribution in [0.4, 0.5) is 0 Å². The maximum atomic E-state index is 12.2. The first-order chi connectivity index (χ1) is 8.12. The van der Waals surface area contributed by atoms with Gasteiger partial charge in [-0.2, -0.15) is 0 Å². The van der Waals surface area contributed by atoms with Gasteiger partial charge in [0.25, 0.3) is 0 Å². The number of nitrogens with two attached hydrogens (primary N) is 1. The number of amides is 1. The summed E-state index contributed by atoms with van der Waals surface area (Å²) in [5.74, 6) is 0.115. The second-order valence-electron chi connectivity index (χ2n) is 5.26. The van der Waals surface area contributed by atoms with E-state index in [9.17, 15) is 4.79 Å². The lowest BCUT2D eigenvalue weighted by molar-refractivity contribution is -0.128. The van der Waals surface area contributed by atoms with E-state index in [0.717, 1.165) is 38.6 Å². The van der Waals surface area contributed by atoms with Gasteiger partial charge in [-0.15, -0.1) is 0 Å². The normalized spacial score (nSPS) is 26.5. The third-order valence-corrected chi connectivity index (χ3v) is 3.65. The average molecular weight is 241 g/mol. The van der Waals surface area contributed by atoms with Gasteiger partial charge in [0.2, 0.25) is 5.91 Å². The molecule has 1 amide bonds. The first-order valence-corrected chi connectivity index (χ1v) is 6.88. The van der Waals surface area contributed by atoms with Gasteiger partial charge in [0.05, 0.1) is 5.54 Å². The van der Waals surface area contributed by atoms with Gasteiger partial charge in [-0.25, -0.2) is 0 Å². The van der Waals surface area contributed by atoms with Crippen LogP contribution >= 0.6 is 0 Å². The Bertz CT molecular complexity index is 237. The molecule has 0 aromatic heterocycles. The van der Waals surface area contributed by atoms with Gasteiger partial charge in [0, 0.05) is 12.6 Å². The molecular formula is C13H27N3O. The zero-order valence-corrected chi connectivity index (χ0v) is 11.2. The van der Waals surface area contributed by atoms with Crippen LogP contribution in [0, 0.1) is 0 Å². The van der Waals surface area contributed by atoms with Crippen molar-refractivity contribution in [2.24, 2.45) is 5.73 Å². The molecular weight excluding hydrogens is 214 g/mol. The Morgan fingerprint density at radius 3 is 2.82 bits per heavy atom. The fourth-order valence-electron chi connectivity index (χ4n) is 2.29. The highest BCUT2D eigenvalue weighted by atomic mass is 16.2. The highest BCUT2D eigenvalue weighted by Crippen LogP contribution is 2.19. The van der Waals surface area contributed by atoms with Gasteiger partial charge in [-0.1, -0.05) is 19.8 Å². The molecule has 1 aliphatic rings. The lowest BCUT2D eigenvalue weighted by atomic mass is 9.89. The second kappa shape index (κ2) is 6.97. The highest BCUT2D eigenvalue weighted by molar-refractivity contribution is 5.86. The number of piperidine rings is 1. The van der Waals surface area contributed by atoms with Crippen LogP contribution in [-0.4, -0.2) is 30.6 Å². The smallest absolute Gasteiger partial charge is 0.240 e. The third kappa shape index (κ3) is 4.28. The van der Waals surface area contributed by atoms with Crippen LogP contribution in [0.25, 0.3) is 0 Å². The SMILES string of the molecule is CCCCC(CN)NC(=O)C1(C)CCCCN1.